The highest BCUT2D eigenvalue weighted by Gasteiger charge is 2.48. The van der Waals surface area contributed by atoms with E-state index in [1.54, 1.807) is 6.92 Å². The maximum absolute atomic E-state index is 11.5. The zero-order valence-electron chi connectivity index (χ0n) is 11.8. The molecule has 0 aromatic rings. The van der Waals surface area contributed by atoms with E-state index in [4.69, 9.17) is 4.74 Å². The summed E-state index contributed by atoms with van der Waals surface area (Å²) in [7, 11) is -3.12. The van der Waals surface area contributed by atoms with E-state index in [1.807, 2.05) is 6.92 Å². The number of nitrogens with one attached hydrogen (secondary N) is 2. The third-order valence-electron chi connectivity index (χ3n) is 3.67. The molecule has 2 unspecified atom stereocenters. The minimum atomic E-state index is -3.12. The van der Waals surface area contributed by atoms with E-state index in [-0.39, 0.29) is 17.3 Å². The minimum Gasteiger partial charge on any atom is -0.378 e. The molecular weight excluding hydrogens is 252 g/mol. The van der Waals surface area contributed by atoms with Gasteiger partial charge in [0, 0.05) is 31.2 Å². The molecule has 0 aromatic heterocycles. The van der Waals surface area contributed by atoms with Gasteiger partial charge < -0.3 is 10.1 Å². The Morgan fingerprint density at radius 3 is 2.50 bits per heavy atom. The Morgan fingerprint density at radius 1 is 1.33 bits per heavy atom. The second-order valence-electron chi connectivity index (χ2n) is 5.32. The van der Waals surface area contributed by atoms with Gasteiger partial charge in [0.15, 0.2) is 0 Å². The van der Waals surface area contributed by atoms with Gasteiger partial charge in [0.1, 0.15) is 0 Å². The van der Waals surface area contributed by atoms with Gasteiger partial charge in [-0.05, 0) is 13.3 Å². The summed E-state index contributed by atoms with van der Waals surface area (Å²) < 4.78 is 31.1. The fourth-order valence-corrected chi connectivity index (χ4v) is 3.35. The molecule has 0 bridgehead atoms. The molecule has 0 aromatic carbocycles. The Kier molecular flexibility index (Phi) is 5.58. The molecule has 1 aliphatic rings. The van der Waals surface area contributed by atoms with Gasteiger partial charge in [-0.2, -0.15) is 0 Å². The maximum Gasteiger partial charge on any atom is 0.212 e. The Morgan fingerprint density at radius 2 is 2.00 bits per heavy atom. The predicted molar refractivity (Wildman–Crippen MR) is 73.1 cm³/mol. The zero-order valence-corrected chi connectivity index (χ0v) is 12.6. The van der Waals surface area contributed by atoms with Crippen molar-refractivity contribution in [3.05, 3.63) is 0 Å². The molecular formula is C12H26N2O3S. The third-order valence-corrected chi connectivity index (χ3v) is 5.14. The van der Waals surface area contributed by atoms with Crippen LogP contribution in [-0.4, -0.2) is 46.0 Å². The summed E-state index contributed by atoms with van der Waals surface area (Å²) >= 11 is 0. The van der Waals surface area contributed by atoms with Crippen molar-refractivity contribution < 1.29 is 13.2 Å². The van der Waals surface area contributed by atoms with Crippen LogP contribution in [0.15, 0.2) is 0 Å². The quantitative estimate of drug-likeness (QED) is 0.686. The van der Waals surface area contributed by atoms with Gasteiger partial charge in [-0.15, -0.1) is 0 Å². The van der Waals surface area contributed by atoms with Crippen LogP contribution in [0.2, 0.25) is 0 Å². The topological polar surface area (TPSA) is 67.4 Å². The van der Waals surface area contributed by atoms with Crippen molar-refractivity contribution in [3.63, 3.8) is 0 Å². The summed E-state index contributed by atoms with van der Waals surface area (Å²) in [6.07, 6.45) is 1.24. The summed E-state index contributed by atoms with van der Waals surface area (Å²) in [5.41, 5.74) is 0.0813. The van der Waals surface area contributed by atoms with Crippen molar-refractivity contribution in [1.82, 2.24) is 10.0 Å². The number of sulfonamides is 1. The summed E-state index contributed by atoms with van der Waals surface area (Å²) in [4.78, 5) is 0. The van der Waals surface area contributed by atoms with Crippen molar-refractivity contribution in [3.8, 4) is 0 Å². The van der Waals surface area contributed by atoms with E-state index in [2.05, 4.69) is 23.9 Å². The van der Waals surface area contributed by atoms with Crippen molar-refractivity contribution in [2.75, 3.05) is 25.4 Å². The first-order chi connectivity index (χ1) is 8.33. The second-order valence-corrected chi connectivity index (χ2v) is 7.25. The van der Waals surface area contributed by atoms with Crippen LogP contribution >= 0.6 is 0 Å². The summed E-state index contributed by atoms with van der Waals surface area (Å²) in [5, 5.41) is 3.31. The first-order valence-corrected chi connectivity index (χ1v) is 8.31. The lowest BCUT2D eigenvalue weighted by atomic mass is 9.64. The number of hydrogen-bond donors (Lipinski definition) is 2. The van der Waals surface area contributed by atoms with E-state index in [9.17, 15) is 8.42 Å². The van der Waals surface area contributed by atoms with Crippen molar-refractivity contribution in [2.24, 2.45) is 5.41 Å². The van der Waals surface area contributed by atoms with Crippen LogP contribution in [0.5, 0.6) is 0 Å². The van der Waals surface area contributed by atoms with Crippen LogP contribution in [0.4, 0.5) is 0 Å². The third kappa shape index (κ3) is 3.91. The molecule has 2 N–H and O–H groups in total. The van der Waals surface area contributed by atoms with Gasteiger partial charge in [0.25, 0.3) is 0 Å². The Labute approximate surface area is 111 Å². The average Bonchev–Trinajstić information content (AvgIpc) is 2.26. The molecule has 1 saturated carbocycles. The Bertz CT molecular complexity index is 354. The van der Waals surface area contributed by atoms with Gasteiger partial charge in [0.05, 0.1) is 11.9 Å². The van der Waals surface area contributed by atoms with E-state index < -0.39 is 10.0 Å². The van der Waals surface area contributed by atoms with Crippen molar-refractivity contribution in [1.29, 1.82) is 0 Å². The molecule has 1 fully saturated rings. The van der Waals surface area contributed by atoms with Gasteiger partial charge in [-0.1, -0.05) is 20.8 Å². The molecule has 6 heteroatoms. The van der Waals surface area contributed by atoms with Gasteiger partial charge in [0.2, 0.25) is 10.0 Å². The van der Waals surface area contributed by atoms with Crippen LogP contribution in [0.1, 0.15) is 34.1 Å². The fraction of sp³-hybridized carbons (Fsp3) is 1.00. The minimum absolute atomic E-state index is 0.0813. The number of hydrogen-bond acceptors (Lipinski definition) is 4. The lowest BCUT2D eigenvalue weighted by molar-refractivity contribution is -0.113. The van der Waals surface area contributed by atoms with E-state index in [0.717, 1.165) is 13.0 Å². The monoisotopic (exact) mass is 278 g/mol. The Hall–Kier alpha value is -0.170. The fourth-order valence-electron chi connectivity index (χ4n) is 2.38. The number of ether oxygens (including phenoxy) is 1. The molecule has 1 rings (SSSR count). The van der Waals surface area contributed by atoms with Gasteiger partial charge >= 0.3 is 0 Å². The number of rotatable bonds is 8. The van der Waals surface area contributed by atoms with Crippen LogP contribution in [0.25, 0.3) is 0 Å². The van der Waals surface area contributed by atoms with Crippen LogP contribution in [0.3, 0.4) is 0 Å². The van der Waals surface area contributed by atoms with E-state index >= 15 is 0 Å². The van der Waals surface area contributed by atoms with E-state index in [0.29, 0.717) is 19.1 Å². The summed E-state index contributed by atoms with van der Waals surface area (Å²) in [5.74, 6) is 0.132. The highest BCUT2D eigenvalue weighted by atomic mass is 32.2. The van der Waals surface area contributed by atoms with Crippen LogP contribution in [0, 0.1) is 5.41 Å². The molecule has 0 spiro atoms. The molecule has 0 amide bonds. The lowest BCUT2D eigenvalue weighted by Gasteiger charge is -2.52. The Balaban J connectivity index is 2.30. The molecule has 2 atom stereocenters. The highest BCUT2D eigenvalue weighted by Crippen LogP contribution is 2.42. The maximum atomic E-state index is 11.5. The molecule has 108 valence electrons. The predicted octanol–water partition coefficient (Wildman–Crippen LogP) is 0.719. The lowest BCUT2D eigenvalue weighted by Crippen LogP contribution is -2.61. The summed E-state index contributed by atoms with van der Waals surface area (Å²) in [6, 6.07) is 0.339. The molecule has 0 radical (unpaired) electrons. The normalized spacial score (nSPS) is 26.9. The SMILES string of the molecule is CCNS(=O)(=O)CCNC1CC(OCC)C1(C)C. The largest absolute Gasteiger partial charge is 0.378 e. The first-order valence-electron chi connectivity index (χ1n) is 6.65. The van der Waals surface area contributed by atoms with Crippen LogP contribution < -0.4 is 10.0 Å². The standard InChI is InChI=1S/C12H26N2O3S/c1-5-14-18(15,16)8-7-13-10-9-11(17-6-2)12(10,3)4/h10-11,13-14H,5-9H2,1-4H3. The average molecular weight is 278 g/mol. The highest BCUT2D eigenvalue weighted by molar-refractivity contribution is 7.89. The second kappa shape index (κ2) is 6.32. The molecule has 5 nitrogen and oxygen atoms in total. The van der Waals surface area contributed by atoms with Crippen LogP contribution in [-0.2, 0) is 14.8 Å². The summed E-state index contributed by atoms with van der Waals surface area (Å²) in [6.45, 7) is 9.77. The molecule has 1 aliphatic carbocycles. The van der Waals surface area contributed by atoms with Crippen molar-refractivity contribution >= 4 is 10.0 Å². The molecule has 18 heavy (non-hydrogen) atoms. The zero-order chi connectivity index (χ0) is 13.8. The first kappa shape index (κ1) is 15.9. The molecule has 0 saturated heterocycles. The van der Waals surface area contributed by atoms with Gasteiger partial charge in [-0.3, -0.25) is 0 Å². The van der Waals surface area contributed by atoms with Crippen molar-refractivity contribution in [2.45, 2.75) is 46.3 Å². The van der Waals surface area contributed by atoms with E-state index in [1.165, 1.54) is 0 Å². The molecule has 0 heterocycles. The smallest absolute Gasteiger partial charge is 0.212 e. The molecule has 0 aliphatic heterocycles. The van der Waals surface area contributed by atoms with Gasteiger partial charge in [-0.25, -0.2) is 13.1 Å².